The van der Waals surface area contributed by atoms with Crippen molar-refractivity contribution in [2.24, 2.45) is 11.8 Å². The van der Waals surface area contributed by atoms with Crippen LogP contribution in [0.15, 0.2) is 0 Å². The van der Waals surface area contributed by atoms with Gasteiger partial charge in [-0.15, -0.1) is 0 Å². The number of hydrogen-bond donors (Lipinski definition) is 0. The fraction of sp³-hybridized carbons (Fsp3) is 0.833. The number of nitrogens with zero attached hydrogens (tertiary/aromatic N) is 1. The van der Waals surface area contributed by atoms with Crippen LogP contribution in [0.2, 0.25) is 0 Å². The first-order chi connectivity index (χ1) is 7.35. The van der Waals surface area contributed by atoms with E-state index in [9.17, 15) is 9.59 Å². The van der Waals surface area contributed by atoms with Gasteiger partial charge in [-0.25, -0.2) is 4.79 Å². The fourth-order valence-corrected chi connectivity index (χ4v) is 2.55. The Labute approximate surface area is 98.9 Å². The molecule has 2 aliphatic rings. The van der Waals surface area contributed by atoms with Crippen LogP contribution < -0.4 is 0 Å². The predicted octanol–water partition coefficient (Wildman–Crippen LogP) is 2.32. The molecule has 2 rings (SSSR count). The molecule has 2 atom stereocenters. The average molecular weight is 229 g/mol. The molecule has 4 nitrogen and oxygen atoms in total. The van der Waals surface area contributed by atoms with E-state index in [0.29, 0.717) is 43.6 Å². The summed E-state index contributed by atoms with van der Waals surface area (Å²) in [6.07, 6.45) is 1.04. The Kier molecular flexibility index (Phi) is 2.68. The maximum atomic E-state index is 11.8. The minimum atomic E-state index is -0.440. The first-order valence-corrected chi connectivity index (χ1v) is 5.85. The molecule has 1 saturated heterocycles. The number of Topliss-reactive ketones (excluding diaryl/α,β-unsaturated/α-hetero) is 1. The number of fused-ring (bicyclic) bond motifs is 1. The fourth-order valence-electron chi connectivity index (χ4n) is 2.55. The van der Waals surface area contributed by atoms with Crippen LogP contribution >= 0.6 is 0 Å². The second-order valence-electron chi connectivity index (χ2n) is 5.85. The lowest BCUT2D eigenvalue weighted by molar-refractivity contribution is -0.118. The first kappa shape index (κ1) is 11.4. The van der Waals surface area contributed by atoms with Gasteiger partial charge in [0.1, 0.15) is 11.4 Å². The van der Waals surface area contributed by atoms with Crippen LogP contribution in [0, 0.1) is 11.8 Å². The third kappa shape index (κ3) is 2.36. The number of carbonyl (C=O) groups is 2. The number of amides is 1. The molecule has 4 heteroatoms. The summed E-state index contributed by atoms with van der Waals surface area (Å²) in [6.45, 7) is 6.97. The maximum Gasteiger partial charge on any atom is 0.410 e. The van der Waals surface area contributed by atoms with Crippen molar-refractivity contribution >= 4 is 11.9 Å². The van der Waals surface area contributed by atoms with Crippen LogP contribution in [0.1, 0.15) is 36.5 Å². The van der Waals surface area contributed by atoms with Crippen molar-refractivity contribution < 1.29 is 17.2 Å². The molecule has 16 heavy (non-hydrogen) atoms. The normalized spacial score (nSPS) is 29.4. The number of rotatable bonds is 0. The average Bonchev–Trinajstić information content (AvgIpc) is 2.56. The van der Waals surface area contributed by atoms with Crippen LogP contribution in [0.3, 0.4) is 0 Å². The monoisotopic (exact) mass is 229 g/mol. The second-order valence-corrected chi connectivity index (χ2v) is 5.85. The van der Waals surface area contributed by atoms with Gasteiger partial charge in [0.2, 0.25) is 0 Å². The lowest BCUT2D eigenvalue weighted by Gasteiger charge is -2.24. The zero-order valence-corrected chi connectivity index (χ0v) is 10.2. The quantitative estimate of drug-likeness (QED) is 0.640. The molecule has 0 bridgehead atoms. The zero-order valence-electron chi connectivity index (χ0n) is 10.2. The molecule has 0 aromatic heterocycles. The number of ketones is 1. The van der Waals surface area contributed by atoms with Crippen molar-refractivity contribution in [1.82, 2.24) is 4.90 Å². The summed E-state index contributed by atoms with van der Waals surface area (Å²) in [7, 11) is 0. The topological polar surface area (TPSA) is 46.6 Å². The van der Waals surface area contributed by atoms with Crippen molar-refractivity contribution in [1.29, 1.82) is 0 Å². The molecule has 1 aliphatic heterocycles. The number of hydrogen-bond acceptors (Lipinski definition) is 3. The number of ether oxygens (including phenoxy) is 1. The van der Waals surface area contributed by atoms with Gasteiger partial charge in [0.15, 0.2) is 0 Å². The standard InChI is InChI=1S/C12H19NO3.2H2/c1-12(2,3)16-11(15)13-6-8-4-10(14)5-9(8)7-13;;/h8-9H,4-7H2,1-3H3;2*1H. The summed E-state index contributed by atoms with van der Waals surface area (Å²) < 4.78 is 5.32. The van der Waals surface area contributed by atoms with Crippen molar-refractivity contribution in [2.45, 2.75) is 39.2 Å². The highest BCUT2D eigenvalue weighted by atomic mass is 16.6. The molecule has 0 radical (unpaired) electrons. The van der Waals surface area contributed by atoms with Crippen LogP contribution in [-0.4, -0.2) is 35.5 Å². The lowest BCUT2D eigenvalue weighted by atomic mass is 10.0. The van der Waals surface area contributed by atoms with E-state index in [-0.39, 0.29) is 8.95 Å². The van der Waals surface area contributed by atoms with E-state index in [1.54, 1.807) is 4.90 Å². The molecule has 0 aromatic rings. The van der Waals surface area contributed by atoms with Crippen molar-refractivity contribution in [2.75, 3.05) is 13.1 Å². The first-order valence-electron chi connectivity index (χ1n) is 5.85. The second kappa shape index (κ2) is 3.75. The Morgan fingerprint density at radius 2 is 1.81 bits per heavy atom. The van der Waals surface area contributed by atoms with Gasteiger partial charge in [0, 0.05) is 28.8 Å². The van der Waals surface area contributed by atoms with Crippen molar-refractivity contribution in [3.63, 3.8) is 0 Å². The van der Waals surface area contributed by atoms with Crippen LogP contribution in [-0.2, 0) is 9.53 Å². The summed E-state index contributed by atoms with van der Waals surface area (Å²) >= 11 is 0. The van der Waals surface area contributed by atoms with Crippen molar-refractivity contribution in [3.8, 4) is 0 Å². The number of likely N-dealkylation sites (tertiary alicyclic amines) is 1. The highest BCUT2D eigenvalue weighted by Crippen LogP contribution is 2.36. The molecule has 2 unspecified atom stereocenters. The van der Waals surface area contributed by atoms with Gasteiger partial charge in [-0.2, -0.15) is 0 Å². The van der Waals surface area contributed by atoms with Gasteiger partial charge in [-0.05, 0) is 32.6 Å². The van der Waals surface area contributed by atoms with E-state index in [1.165, 1.54) is 0 Å². The van der Waals surface area contributed by atoms with Crippen LogP contribution in [0.25, 0.3) is 0 Å². The molecule has 94 valence electrons. The van der Waals surface area contributed by atoms with E-state index >= 15 is 0 Å². The van der Waals surface area contributed by atoms with Gasteiger partial charge >= 0.3 is 6.09 Å². The summed E-state index contributed by atoms with van der Waals surface area (Å²) in [5.41, 5.74) is -0.440. The van der Waals surface area contributed by atoms with E-state index < -0.39 is 5.60 Å². The Bertz CT molecular complexity index is 312. The minimum absolute atomic E-state index is 0. The van der Waals surface area contributed by atoms with Gasteiger partial charge < -0.3 is 9.64 Å². The Hall–Kier alpha value is -1.06. The molecule has 0 aromatic carbocycles. The van der Waals surface area contributed by atoms with E-state index in [4.69, 9.17) is 4.74 Å². The Morgan fingerprint density at radius 3 is 2.25 bits per heavy atom. The highest BCUT2D eigenvalue weighted by molar-refractivity contribution is 5.82. The maximum absolute atomic E-state index is 11.8. The van der Waals surface area contributed by atoms with Crippen LogP contribution in [0.4, 0.5) is 4.79 Å². The highest BCUT2D eigenvalue weighted by Gasteiger charge is 2.42. The van der Waals surface area contributed by atoms with E-state index in [0.717, 1.165) is 0 Å². The Morgan fingerprint density at radius 1 is 1.31 bits per heavy atom. The third-order valence-corrected chi connectivity index (χ3v) is 3.21. The van der Waals surface area contributed by atoms with Gasteiger partial charge in [0.25, 0.3) is 0 Å². The number of carbonyl (C=O) groups excluding carboxylic acids is 2. The third-order valence-electron chi connectivity index (χ3n) is 3.21. The summed E-state index contributed by atoms with van der Waals surface area (Å²) in [6, 6.07) is 0. The lowest BCUT2D eigenvalue weighted by Crippen LogP contribution is -2.36. The minimum Gasteiger partial charge on any atom is -0.444 e. The molecule has 0 spiro atoms. The zero-order chi connectivity index (χ0) is 11.9. The van der Waals surface area contributed by atoms with E-state index in [2.05, 4.69) is 0 Å². The van der Waals surface area contributed by atoms with Gasteiger partial charge in [-0.3, -0.25) is 4.79 Å². The largest absolute Gasteiger partial charge is 0.444 e. The molecule has 1 aliphatic carbocycles. The summed E-state index contributed by atoms with van der Waals surface area (Å²) in [4.78, 5) is 24.8. The molecule has 1 heterocycles. The van der Waals surface area contributed by atoms with E-state index in [1.807, 2.05) is 20.8 Å². The molecule has 0 N–H and O–H groups in total. The molecule has 1 amide bonds. The summed E-state index contributed by atoms with van der Waals surface area (Å²) in [5.74, 6) is 1.10. The van der Waals surface area contributed by atoms with Crippen LogP contribution in [0.5, 0.6) is 0 Å². The van der Waals surface area contributed by atoms with Crippen molar-refractivity contribution in [3.05, 3.63) is 0 Å². The molecule has 2 fully saturated rings. The summed E-state index contributed by atoms with van der Waals surface area (Å²) in [5, 5.41) is 0. The van der Waals surface area contributed by atoms with Gasteiger partial charge in [0.05, 0.1) is 0 Å². The molecule has 1 saturated carbocycles. The molecular weight excluding hydrogens is 206 g/mol. The predicted molar refractivity (Wildman–Crippen MR) is 63.3 cm³/mol. The smallest absolute Gasteiger partial charge is 0.410 e. The van der Waals surface area contributed by atoms with Gasteiger partial charge in [-0.1, -0.05) is 0 Å². The SMILES string of the molecule is CC(C)(C)OC(=O)N1CC2CC(=O)CC2C1.[HH].[HH]. The molecular formula is C12H23NO3. The Balaban J connectivity index is 0.00000144.